The first kappa shape index (κ1) is 13.2. The zero-order valence-electron chi connectivity index (χ0n) is 10.2. The molecule has 0 radical (unpaired) electrons. The van der Waals surface area contributed by atoms with Gasteiger partial charge >= 0.3 is 0 Å². The molecule has 1 N–H and O–H groups in total. The van der Waals surface area contributed by atoms with Crippen molar-refractivity contribution in [1.82, 2.24) is 4.90 Å². The van der Waals surface area contributed by atoms with Crippen LogP contribution in [0, 0.1) is 0 Å². The number of phenolic OH excluding ortho intramolecular Hbond substituents is 1. The van der Waals surface area contributed by atoms with E-state index in [0.717, 1.165) is 28.6 Å². The monoisotopic (exact) mass is 381 g/mol. The van der Waals surface area contributed by atoms with Gasteiger partial charge < -0.3 is 5.11 Å². The zero-order chi connectivity index (χ0) is 13.4. The molecule has 0 aliphatic carbocycles. The maximum absolute atomic E-state index is 9.73. The predicted octanol–water partition coefficient (Wildman–Crippen LogP) is 4.43. The summed E-state index contributed by atoms with van der Waals surface area (Å²) in [5, 5.41) is 9.73. The van der Waals surface area contributed by atoms with E-state index in [4.69, 9.17) is 0 Å². The highest BCUT2D eigenvalue weighted by Gasteiger charge is 2.18. The number of rotatable bonds is 2. The molecule has 0 spiro atoms. The topological polar surface area (TPSA) is 23.5 Å². The largest absolute Gasteiger partial charge is 0.506 e. The van der Waals surface area contributed by atoms with Crippen LogP contribution in [0.3, 0.4) is 0 Å². The molecule has 1 aliphatic heterocycles. The third-order valence-electron chi connectivity index (χ3n) is 3.39. The second-order valence-corrected chi connectivity index (χ2v) is 6.53. The van der Waals surface area contributed by atoms with Gasteiger partial charge in [-0.05, 0) is 60.7 Å². The van der Waals surface area contributed by atoms with E-state index in [1.165, 1.54) is 16.7 Å². The number of phenols is 1. The van der Waals surface area contributed by atoms with Crippen LogP contribution >= 0.6 is 31.9 Å². The number of fused-ring (bicyclic) bond motifs is 1. The van der Waals surface area contributed by atoms with Gasteiger partial charge in [0.15, 0.2) is 0 Å². The Hall–Kier alpha value is -0.840. The standard InChI is InChI=1S/C15H13Br2NO/c16-13-5-10(6-14(17)15(13)19)7-18-8-11-3-1-2-4-12(11)9-18/h1-6,19H,7-9H2. The molecule has 4 heteroatoms. The smallest absolute Gasteiger partial charge is 0.143 e. The Balaban J connectivity index is 1.78. The Kier molecular flexibility index (Phi) is 3.65. The van der Waals surface area contributed by atoms with Crippen molar-refractivity contribution >= 4 is 31.9 Å². The lowest BCUT2D eigenvalue weighted by molar-refractivity contribution is 0.275. The molecule has 0 unspecified atom stereocenters. The van der Waals surface area contributed by atoms with Crippen LogP contribution < -0.4 is 0 Å². The quantitative estimate of drug-likeness (QED) is 0.830. The van der Waals surface area contributed by atoms with E-state index in [1.807, 2.05) is 12.1 Å². The summed E-state index contributed by atoms with van der Waals surface area (Å²) in [4.78, 5) is 2.40. The Bertz CT molecular complexity index is 579. The molecule has 0 saturated heterocycles. The second kappa shape index (κ2) is 5.27. The number of hydrogen-bond donors (Lipinski definition) is 1. The second-order valence-electron chi connectivity index (χ2n) is 4.82. The minimum absolute atomic E-state index is 0.258. The molecule has 98 valence electrons. The van der Waals surface area contributed by atoms with Gasteiger partial charge in [-0.1, -0.05) is 24.3 Å². The van der Waals surface area contributed by atoms with E-state index in [0.29, 0.717) is 0 Å². The van der Waals surface area contributed by atoms with Crippen molar-refractivity contribution in [3.63, 3.8) is 0 Å². The van der Waals surface area contributed by atoms with E-state index in [1.54, 1.807) is 0 Å². The highest BCUT2D eigenvalue weighted by Crippen LogP contribution is 2.34. The van der Waals surface area contributed by atoms with E-state index in [9.17, 15) is 5.11 Å². The first-order valence-corrected chi connectivity index (χ1v) is 7.68. The van der Waals surface area contributed by atoms with E-state index in [2.05, 4.69) is 61.0 Å². The third-order valence-corrected chi connectivity index (χ3v) is 4.60. The predicted molar refractivity (Wildman–Crippen MR) is 82.9 cm³/mol. The normalized spacial score (nSPS) is 14.6. The molecule has 19 heavy (non-hydrogen) atoms. The summed E-state index contributed by atoms with van der Waals surface area (Å²) in [5.41, 5.74) is 4.02. The molecular weight excluding hydrogens is 370 g/mol. The summed E-state index contributed by atoms with van der Waals surface area (Å²) in [6, 6.07) is 12.5. The summed E-state index contributed by atoms with van der Waals surface area (Å²) in [6.07, 6.45) is 0. The molecule has 1 aliphatic rings. The molecule has 3 rings (SSSR count). The first-order valence-electron chi connectivity index (χ1n) is 6.09. The van der Waals surface area contributed by atoms with Crippen LogP contribution in [0.2, 0.25) is 0 Å². The van der Waals surface area contributed by atoms with Crippen LogP contribution in [0.25, 0.3) is 0 Å². The van der Waals surface area contributed by atoms with Crippen molar-refractivity contribution in [1.29, 1.82) is 0 Å². The fourth-order valence-electron chi connectivity index (χ4n) is 2.48. The van der Waals surface area contributed by atoms with E-state index >= 15 is 0 Å². The van der Waals surface area contributed by atoms with Crippen molar-refractivity contribution in [3.05, 3.63) is 62.0 Å². The third kappa shape index (κ3) is 2.71. The number of halogens is 2. The Morgan fingerprint density at radius 1 is 1.00 bits per heavy atom. The lowest BCUT2D eigenvalue weighted by atomic mass is 10.1. The molecule has 2 nitrogen and oxygen atoms in total. The van der Waals surface area contributed by atoms with Gasteiger partial charge in [0.25, 0.3) is 0 Å². The van der Waals surface area contributed by atoms with Gasteiger partial charge in [-0.3, -0.25) is 4.90 Å². The summed E-state index contributed by atoms with van der Waals surface area (Å²) < 4.78 is 1.46. The average molecular weight is 383 g/mol. The van der Waals surface area contributed by atoms with Crippen LogP contribution in [0.4, 0.5) is 0 Å². The van der Waals surface area contributed by atoms with E-state index in [-0.39, 0.29) is 5.75 Å². The lowest BCUT2D eigenvalue weighted by Crippen LogP contribution is -2.15. The molecule has 0 fully saturated rings. The van der Waals surface area contributed by atoms with Gasteiger partial charge in [-0.15, -0.1) is 0 Å². The van der Waals surface area contributed by atoms with Gasteiger partial charge in [0, 0.05) is 19.6 Å². The van der Waals surface area contributed by atoms with Crippen molar-refractivity contribution in [2.45, 2.75) is 19.6 Å². The maximum Gasteiger partial charge on any atom is 0.143 e. The molecule has 0 amide bonds. The minimum atomic E-state index is 0.258. The zero-order valence-corrected chi connectivity index (χ0v) is 13.4. The Morgan fingerprint density at radius 2 is 1.53 bits per heavy atom. The molecular formula is C15H13Br2NO. The molecule has 0 saturated carbocycles. The van der Waals surface area contributed by atoms with Crippen LogP contribution in [0.15, 0.2) is 45.3 Å². The van der Waals surface area contributed by atoms with Crippen LogP contribution in [-0.2, 0) is 19.6 Å². The summed E-state index contributed by atoms with van der Waals surface area (Å²) >= 11 is 6.75. The highest BCUT2D eigenvalue weighted by atomic mass is 79.9. The number of aromatic hydroxyl groups is 1. The van der Waals surface area contributed by atoms with Crippen molar-refractivity contribution in [3.8, 4) is 5.75 Å². The molecule has 1 heterocycles. The molecule has 2 aromatic carbocycles. The Labute approximate surface area is 129 Å². The fraction of sp³-hybridized carbons (Fsp3) is 0.200. The first-order chi connectivity index (χ1) is 9.13. The lowest BCUT2D eigenvalue weighted by Gasteiger charge is -2.15. The van der Waals surface area contributed by atoms with Gasteiger partial charge in [-0.25, -0.2) is 0 Å². The molecule has 0 atom stereocenters. The van der Waals surface area contributed by atoms with Crippen molar-refractivity contribution in [2.24, 2.45) is 0 Å². The van der Waals surface area contributed by atoms with Crippen molar-refractivity contribution in [2.75, 3.05) is 0 Å². The average Bonchev–Trinajstić information content (AvgIpc) is 2.78. The van der Waals surface area contributed by atoms with E-state index < -0.39 is 0 Å². The SMILES string of the molecule is Oc1c(Br)cc(CN2Cc3ccccc3C2)cc1Br. The van der Waals surface area contributed by atoms with Crippen LogP contribution in [0.1, 0.15) is 16.7 Å². The summed E-state index contributed by atoms with van der Waals surface area (Å²) in [5.74, 6) is 0.258. The number of nitrogens with zero attached hydrogens (tertiary/aromatic N) is 1. The fourth-order valence-corrected chi connectivity index (χ4v) is 3.76. The van der Waals surface area contributed by atoms with Crippen LogP contribution in [-0.4, -0.2) is 10.0 Å². The van der Waals surface area contributed by atoms with Crippen molar-refractivity contribution < 1.29 is 5.11 Å². The molecule has 0 bridgehead atoms. The van der Waals surface area contributed by atoms with Gasteiger partial charge in [0.2, 0.25) is 0 Å². The summed E-state index contributed by atoms with van der Waals surface area (Å²) in [6.45, 7) is 2.87. The molecule has 0 aromatic heterocycles. The minimum Gasteiger partial charge on any atom is -0.506 e. The maximum atomic E-state index is 9.73. The Morgan fingerprint density at radius 3 is 2.05 bits per heavy atom. The van der Waals surface area contributed by atoms with Gasteiger partial charge in [0.1, 0.15) is 5.75 Å². The van der Waals surface area contributed by atoms with Crippen LogP contribution in [0.5, 0.6) is 5.75 Å². The number of hydrogen-bond acceptors (Lipinski definition) is 2. The van der Waals surface area contributed by atoms with Gasteiger partial charge in [0.05, 0.1) is 8.95 Å². The van der Waals surface area contributed by atoms with Gasteiger partial charge in [-0.2, -0.15) is 0 Å². The highest BCUT2D eigenvalue weighted by molar-refractivity contribution is 9.11. The summed E-state index contributed by atoms with van der Waals surface area (Å²) in [7, 11) is 0. The molecule has 2 aromatic rings. The number of benzene rings is 2.